The first kappa shape index (κ1) is 12.7. The lowest BCUT2D eigenvalue weighted by Crippen LogP contribution is -2.22. The van der Waals surface area contributed by atoms with Gasteiger partial charge in [0.25, 0.3) is 0 Å². The van der Waals surface area contributed by atoms with E-state index in [1.54, 1.807) is 11.3 Å². The number of aryl methyl sites for hydroxylation is 1. The van der Waals surface area contributed by atoms with Crippen LogP contribution in [0.1, 0.15) is 36.4 Å². The molecule has 2 aromatic rings. The standard InChI is InChI=1S/C13H18N2S2/c1-2-7-14-12(13-9-16-10-15-13)6-5-11-4-3-8-17-11/h3-4,8-10,12,14H,2,5-7H2,1H3. The molecule has 1 N–H and O–H groups in total. The third-order valence-electron chi connectivity index (χ3n) is 2.71. The molecule has 2 aromatic heterocycles. The van der Waals surface area contributed by atoms with Crippen LogP contribution in [-0.2, 0) is 6.42 Å². The molecule has 2 rings (SSSR count). The molecule has 0 saturated carbocycles. The van der Waals surface area contributed by atoms with Crippen LogP contribution in [0.3, 0.4) is 0 Å². The van der Waals surface area contributed by atoms with Crippen LogP contribution in [0.15, 0.2) is 28.4 Å². The number of thiophene rings is 1. The summed E-state index contributed by atoms with van der Waals surface area (Å²) in [6, 6.07) is 4.74. The van der Waals surface area contributed by atoms with Crippen molar-refractivity contribution in [3.63, 3.8) is 0 Å². The molecule has 2 nitrogen and oxygen atoms in total. The summed E-state index contributed by atoms with van der Waals surface area (Å²) >= 11 is 3.52. The van der Waals surface area contributed by atoms with E-state index in [9.17, 15) is 0 Å². The number of aromatic nitrogens is 1. The molecule has 0 spiro atoms. The van der Waals surface area contributed by atoms with Crippen molar-refractivity contribution < 1.29 is 0 Å². The van der Waals surface area contributed by atoms with Crippen molar-refractivity contribution in [2.45, 2.75) is 32.2 Å². The predicted octanol–water partition coefficient (Wildman–Crippen LogP) is 3.88. The summed E-state index contributed by atoms with van der Waals surface area (Å²) in [5, 5.41) is 7.88. The van der Waals surface area contributed by atoms with E-state index in [1.807, 2.05) is 16.8 Å². The van der Waals surface area contributed by atoms with Crippen molar-refractivity contribution in [2.24, 2.45) is 0 Å². The third-order valence-corrected chi connectivity index (χ3v) is 4.25. The van der Waals surface area contributed by atoms with Crippen LogP contribution in [0.2, 0.25) is 0 Å². The van der Waals surface area contributed by atoms with Crippen LogP contribution < -0.4 is 5.32 Å². The lowest BCUT2D eigenvalue weighted by molar-refractivity contribution is 0.492. The largest absolute Gasteiger partial charge is 0.309 e. The van der Waals surface area contributed by atoms with Gasteiger partial charge in [0, 0.05) is 10.3 Å². The summed E-state index contributed by atoms with van der Waals surface area (Å²) < 4.78 is 0. The van der Waals surface area contributed by atoms with Crippen LogP contribution in [0.4, 0.5) is 0 Å². The fraction of sp³-hybridized carbons (Fsp3) is 0.462. The van der Waals surface area contributed by atoms with Crippen molar-refractivity contribution in [3.05, 3.63) is 39.0 Å². The molecule has 92 valence electrons. The molecular weight excluding hydrogens is 248 g/mol. The fourth-order valence-corrected chi connectivity index (χ4v) is 3.14. The molecule has 0 aliphatic heterocycles. The minimum Gasteiger partial charge on any atom is -0.309 e. The molecule has 1 unspecified atom stereocenters. The highest BCUT2D eigenvalue weighted by molar-refractivity contribution is 7.09. The number of nitrogens with one attached hydrogen (secondary N) is 1. The van der Waals surface area contributed by atoms with Gasteiger partial charge in [-0.15, -0.1) is 22.7 Å². The summed E-state index contributed by atoms with van der Waals surface area (Å²) in [6.45, 7) is 3.26. The number of thiazole rings is 1. The van der Waals surface area contributed by atoms with Gasteiger partial charge < -0.3 is 5.32 Å². The van der Waals surface area contributed by atoms with Crippen molar-refractivity contribution in [3.8, 4) is 0 Å². The second kappa shape index (κ2) is 6.89. The Kier molecular flexibility index (Phi) is 5.16. The van der Waals surface area contributed by atoms with Crippen LogP contribution in [0, 0.1) is 0 Å². The second-order valence-electron chi connectivity index (χ2n) is 4.04. The monoisotopic (exact) mass is 266 g/mol. The highest BCUT2D eigenvalue weighted by atomic mass is 32.1. The first-order valence-corrected chi connectivity index (χ1v) is 7.86. The van der Waals surface area contributed by atoms with Crippen LogP contribution in [-0.4, -0.2) is 11.5 Å². The molecule has 17 heavy (non-hydrogen) atoms. The summed E-state index contributed by atoms with van der Waals surface area (Å²) in [7, 11) is 0. The quantitative estimate of drug-likeness (QED) is 0.822. The molecule has 0 aliphatic rings. The van der Waals surface area contributed by atoms with E-state index >= 15 is 0 Å². The van der Waals surface area contributed by atoms with Crippen molar-refractivity contribution in [1.82, 2.24) is 10.3 Å². The number of hydrogen-bond donors (Lipinski definition) is 1. The molecule has 0 aliphatic carbocycles. The van der Waals surface area contributed by atoms with Crippen LogP contribution in [0.25, 0.3) is 0 Å². The molecule has 0 fully saturated rings. The Morgan fingerprint density at radius 1 is 1.47 bits per heavy atom. The molecule has 0 radical (unpaired) electrons. The number of nitrogens with zero attached hydrogens (tertiary/aromatic N) is 1. The van der Waals surface area contributed by atoms with Gasteiger partial charge in [0.15, 0.2) is 0 Å². The van der Waals surface area contributed by atoms with Gasteiger partial charge in [-0.1, -0.05) is 13.0 Å². The highest BCUT2D eigenvalue weighted by Crippen LogP contribution is 2.21. The van der Waals surface area contributed by atoms with Gasteiger partial charge in [-0.2, -0.15) is 0 Å². The fourth-order valence-electron chi connectivity index (χ4n) is 1.81. The van der Waals surface area contributed by atoms with Gasteiger partial charge in [0.05, 0.1) is 17.2 Å². The highest BCUT2D eigenvalue weighted by Gasteiger charge is 2.12. The molecule has 0 bridgehead atoms. The Hall–Kier alpha value is -0.710. The van der Waals surface area contributed by atoms with E-state index in [2.05, 4.69) is 40.1 Å². The summed E-state index contributed by atoms with van der Waals surface area (Å²) in [4.78, 5) is 5.89. The Balaban J connectivity index is 1.91. The molecule has 4 heteroatoms. The van der Waals surface area contributed by atoms with E-state index in [-0.39, 0.29) is 0 Å². The average molecular weight is 266 g/mol. The lowest BCUT2D eigenvalue weighted by atomic mass is 10.1. The maximum Gasteiger partial charge on any atom is 0.0795 e. The second-order valence-corrected chi connectivity index (χ2v) is 5.79. The molecular formula is C13H18N2S2. The van der Waals surface area contributed by atoms with Gasteiger partial charge in [-0.3, -0.25) is 0 Å². The van der Waals surface area contributed by atoms with E-state index in [4.69, 9.17) is 0 Å². The topological polar surface area (TPSA) is 24.9 Å². The third kappa shape index (κ3) is 3.91. The Morgan fingerprint density at radius 2 is 2.41 bits per heavy atom. The summed E-state index contributed by atoms with van der Waals surface area (Å²) in [5.74, 6) is 0. The van der Waals surface area contributed by atoms with Gasteiger partial charge >= 0.3 is 0 Å². The smallest absolute Gasteiger partial charge is 0.0795 e. The molecule has 1 atom stereocenters. The first-order chi connectivity index (χ1) is 8.40. The average Bonchev–Trinajstić information content (AvgIpc) is 3.01. The maximum atomic E-state index is 4.43. The van der Waals surface area contributed by atoms with Crippen molar-refractivity contribution >= 4 is 22.7 Å². The number of hydrogen-bond acceptors (Lipinski definition) is 4. The molecule has 2 heterocycles. The summed E-state index contributed by atoms with van der Waals surface area (Å²) in [6.07, 6.45) is 3.43. The molecule has 0 aromatic carbocycles. The zero-order valence-electron chi connectivity index (χ0n) is 10.1. The Morgan fingerprint density at radius 3 is 3.06 bits per heavy atom. The van der Waals surface area contributed by atoms with E-state index in [0.717, 1.165) is 19.4 Å². The zero-order valence-corrected chi connectivity index (χ0v) is 11.7. The Bertz CT molecular complexity index is 395. The van der Waals surface area contributed by atoms with Gasteiger partial charge in [0.1, 0.15) is 0 Å². The zero-order chi connectivity index (χ0) is 11.9. The molecule has 0 saturated heterocycles. The SMILES string of the molecule is CCCNC(CCc1cccs1)c1cscn1. The van der Waals surface area contributed by atoms with Crippen LogP contribution in [0.5, 0.6) is 0 Å². The van der Waals surface area contributed by atoms with Crippen molar-refractivity contribution in [1.29, 1.82) is 0 Å². The van der Waals surface area contributed by atoms with E-state index < -0.39 is 0 Å². The van der Waals surface area contributed by atoms with E-state index in [0.29, 0.717) is 6.04 Å². The minimum atomic E-state index is 0.406. The van der Waals surface area contributed by atoms with Crippen LogP contribution >= 0.6 is 22.7 Å². The van der Waals surface area contributed by atoms with Gasteiger partial charge in [0.2, 0.25) is 0 Å². The minimum absolute atomic E-state index is 0.406. The summed E-state index contributed by atoms with van der Waals surface area (Å²) in [5.41, 5.74) is 3.11. The normalized spacial score (nSPS) is 12.8. The lowest BCUT2D eigenvalue weighted by Gasteiger charge is -2.15. The first-order valence-electron chi connectivity index (χ1n) is 6.04. The maximum absolute atomic E-state index is 4.43. The van der Waals surface area contributed by atoms with Gasteiger partial charge in [-0.25, -0.2) is 4.98 Å². The predicted molar refractivity (Wildman–Crippen MR) is 75.8 cm³/mol. The van der Waals surface area contributed by atoms with Gasteiger partial charge in [-0.05, 0) is 37.3 Å². The van der Waals surface area contributed by atoms with E-state index in [1.165, 1.54) is 17.0 Å². The number of rotatable bonds is 7. The Labute approximate surface area is 111 Å². The molecule has 0 amide bonds. The van der Waals surface area contributed by atoms with Crippen molar-refractivity contribution in [2.75, 3.05) is 6.54 Å².